The monoisotopic (exact) mass is 292 g/mol. The van der Waals surface area contributed by atoms with E-state index in [2.05, 4.69) is 18.2 Å². The van der Waals surface area contributed by atoms with Crippen molar-refractivity contribution in [2.45, 2.75) is 38.7 Å². The van der Waals surface area contributed by atoms with Crippen LogP contribution in [0.25, 0.3) is 0 Å². The number of aryl methyl sites for hydroxylation is 3. The lowest BCUT2D eigenvalue weighted by atomic mass is 10.0. The SMILES string of the molecule is Cc1csc(C(O)Cc2ccc3c(c2)CCC3)c1Cl. The van der Waals surface area contributed by atoms with Crippen molar-refractivity contribution in [2.75, 3.05) is 0 Å². The van der Waals surface area contributed by atoms with E-state index < -0.39 is 6.10 Å². The van der Waals surface area contributed by atoms with Crippen LogP contribution in [0.1, 0.15) is 39.7 Å². The molecular formula is C16H17ClOS. The second kappa shape index (κ2) is 5.28. The largest absolute Gasteiger partial charge is 0.387 e. The molecule has 19 heavy (non-hydrogen) atoms. The van der Waals surface area contributed by atoms with Crippen molar-refractivity contribution in [3.63, 3.8) is 0 Å². The van der Waals surface area contributed by atoms with Crippen LogP contribution in [-0.2, 0) is 19.3 Å². The molecule has 1 nitrogen and oxygen atoms in total. The molecule has 1 aliphatic carbocycles. The molecule has 0 saturated carbocycles. The molecule has 1 N–H and O–H groups in total. The van der Waals surface area contributed by atoms with Gasteiger partial charge in [-0.15, -0.1) is 11.3 Å². The molecule has 0 spiro atoms. The normalized spacial score (nSPS) is 15.5. The first-order valence-electron chi connectivity index (χ1n) is 6.67. The Morgan fingerprint density at radius 1 is 1.32 bits per heavy atom. The third-order valence-corrected chi connectivity index (χ3v) is 5.64. The zero-order chi connectivity index (χ0) is 13.4. The quantitative estimate of drug-likeness (QED) is 0.884. The van der Waals surface area contributed by atoms with Crippen LogP contribution >= 0.6 is 22.9 Å². The summed E-state index contributed by atoms with van der Waals surface area (Å²) in [6, 6.07) is 6.60. The summed E-state index contributed by atoms with van der Waals surface area (Å²) in [6.45, 7) is 1.98. The van der Waals surface area contributed by atoms with E-state index in [9.17, 15) is 5.11 Å². The van der Waals surface area contributed by atoms with E-state index in [0.29, 0.717) is 6.42 Å². The lowest BCUT2D eigenvalue weighted by molar-refractivity contribution is 0.182. The van der Waals surface area contributed by atoms with Crippen LogP contribution < -0.4 is 0 Å². The number of aliphatic hydroxyl groups excluding tert-OH is 1. The van der Waals surface area contributed by atoms with Gasteiger partial charge in [0.05, 0.1) is 16.0 Å². The lowest BCUT2D eigenvalue weighted by Crippen LogP contribution is -2.01. The molecule has 0 aliphatic heterocycles. The van der Waals surface area contributed by atoms with Crippen LogP contribution in [-0.4, -0.2) is 5.11 Å². The van der Waals surface area contributed by atoms with Crippen molar-refractivity contribution >= 4 is 22.9 Å². The van der Waals surface area contributed by atoms with Gasteiger partial charge in [-0.2, -0.15) is 0 Å². The maximum Gasteiger partial charge on any atom is 0.0937 e. The van der Waals surface area contributed by atoms with Crippen molar-refractivity contribution < 1.29 is 5.11 Å². The summed E-state index contributed by atoms with van der Waals surface area (Å²) in [4.78, 5) is 0.889. The van der Waals surface area contributed by atoms with Crippen LogP contribution in [0, 0.1) is 6.92 Å². The van der Waals surface area contributed by atoms with Gasteiger partial charge in [0.15, 0.2) is 0 Å². The van der Waals surface area contributed by atoms with Gasteiger partial charge in [-0.1, -0.05) is 29.8 Å². The Kier molecular flexibility index (Phi) is 3.66. The van der Waals surface area contributed by atoms with Crippen LogP contribution in [0.15, 0.2) is 23.6 Å². The summed E-state index contributed by atoms with van der Waals surface area (Å²) in [5.41, 5.74) is 5.19. The van der Waals surface area contributed by atoms with Crippen LogP contribution in [0.4, 0.5) is 0 Å². The third-order valence-electron chi connectivity index (χ3n) is 3.82. The van der Waals surface area contributed by atoms with Gasteiger partial charge in [0.25, 0.3) is 0 Å². The number of hydrogen-bond donors (Lipinski definition) is 1. The highest BCUT2D eigenvalue weighted by Gasteiger charge is 2.17. The molecule has 0 amide bonds. The number of aliphatic hydroxyl groups is 1. The van der Waals surface area contributed by atoms with E-state index in [1.807, 2.05) is 12.3 Å². The summed E-state index contributed by atoms with van der Waals surface area (Å²) < 4.78 is 0. The lowest BCUT2D eigenvalue weighted by Gasteiger charge is -2.11. The second-order valence-corrected chi connectivity index (χ2v) is 6.56. The molecule has 1 aromatic carbocycles. The molecule has 0 bridgehead atoms. The number of hydrogen-bond acceptors (Lipinski definition) is 2. The van der Waals surface area contributed by atoms with E-state index >= 15 is 0 Å². The molecule has 100 valence electrons. The maximum atomic E-state index is 10.3. The van der Waals surface area contributed by atoms with Gasteiger partial charge in [0.1, 0.15) is 0 Å². The fourth-order valence-corrected chi connectivity index (χ4v) is 4.05. The number of rotatable bonds is 3. The van der Waals surface area contributed by atoms with E-state index in [4.69, 9.17) is 11.6 Å². The third kappa shape index (κ3) is 2.58. The molecule has 1 heterocycles. The van der Waals surface area contributed by atoms with Gasteiger partial charge in [0.2, 0.25) is 0 Å². The van der Waals surface area contributed by atoms with E-state index in [0.717, 1.165) is 15.5 Å². The highest BCUT2D eigenvalue weighted by Crippen LogP contribution is 2.34. The average molecular weight is 293 g/mol. The molecule has 0 saturated heterocycles. The Bertz CT molecular complexity index is 603. The summed E-state index contributed by atoms with van der Waals surface area (Å²) in [5.74, 6) is 0. The van der Waals surface area contributed by atoms with E-state index in [1.165, 1.54) is 36.0 Å². The molecule has 1 aromatic heterocycles. The van der Waals surface area contributed by atoms with Gasteiger partial charge in [-0.05, 0) is 53.8 Å². The predicted molar refractivity (Wildman–Crippen MR) is 81.2 cm³/mol. The summed E-state index contributed by atoms with van der Waals surface area (Å²) >= 11 is 7.76. The smallest absolute Gasteiger partial charge is 0.0937 e. The van der Waals surface area contributed by atoms with Crippen molar-refractivity contribution in [1.29, 1.82) is 0 Å². The van der Waals surface area contributed by atoms with Crippen molar-refractivity contribution in [3.8, 4) is 0 Å². The van der Waals surface area contributed by atoms with E-state index in [1.54, 1.807) is 11.3 Å². The van der Waals surface area contributed by atoms with Crippen molar-refractivity contribution in [2.24, 2.45) is 0 Å². The highest BCUT2D eigenvalue weighted by atomic mass is 35.5. The topological polar surface area (TPSA) is 20.2 Å². The molecule has 3 heteroatoms. The second-order valence-electron chi connectivity index (χ2n) is 5.27. The Hall–Kier alpha value is -0.830. The minimum absolute atomic E-state index is 0.495. The standard InChI is InChI=1S/C16H17ClOS/c1-10-9-19-16(15(10)17)14(18)8-11-5-6-12-3-2-4-13(12)7-11/h5-7,9,14,18H,2-4,8H2,1H3. The molecular weight excluding hydrogens is 276 g/mol. The van der Waals surface area contributed by atoms with E-state index in [-0.39, 0.29) is 0 Å². The number of benzene rings is 1. The zero-order valence-electron chi connectivity index (χ0n) is 10.9. The van der Waals surface area contributed by atoms with Crippen LogP contribution in [0.2, 0.25) is 5.02 Å². The van der Waals surface area contributed by atoms with Gasteiger partial charge < -0.3 is 5.11 Å². The molecule has 0 fully saturated rings. The predicted octanol–water partition coefficient (Wildman–Crippen LogP) is 4.47. The Balaban J connectivity index is 1.79. The Morgan fingerprint density at radius 3 is 2.84 bits per heavy atom. The summed E-state index contributed by atoms with van der Waals surface area (Å²) in [7, 11) is 0. The zero-order valence-corrected chi connectivity index (χ0v) is 12.5. The molecule has 1 aliphatic rings. The Morgan fingerprint density at radius 2 is 2.11 bits per heavy atom. The maximum absolute atomic E-state index is 10.3. The van der Waals surface area contributed by atoms with Crippen LogP contribution in [0.3, 0.4) is 0 Å². The summed E-state index contributed by atoms with van der Waals surface area (Å²) in [6.07, 6.45) is 3.79. The number of fused-ring (bicyclic) bond motifs is 1. The molecule has 2 aromatic rings. The molecule has 3 rings (SSSR count). The van der Waals surface area contributed by atoms with Crippen molar-refractivity contribution in [1.82, 2.24) is 0 Å². The first kappa shape index (κ1) is 13.2. The minimum atomic E-state index is -0.495. The molecule has 1 atom stereocenters. The van der Waals surface area contributed by atoms with Crippen LogP contribution in [0.5, 0.6) is 0 Å². The molecule has 0 radical (unpaired) electrons. The first-order chi connectivity index (χ1) is 9.15. The first-order valence-corrected chi connectivity index (χ1v) is 7.93. The number of halogens is 1. The summed E-state index contributed by atoms with van der Waals surface area (Å²) in [5, 5.41) is 13.1. The van der Waals surface area contributed by atoms with Gasteiger partial charge in [-0.3, -0.25) is 0 Å². The van der Waals surface area contributed by atoms with Crippen molar-refractivity contribution in [3.05, 3.63) is 55.7 Å². The van der Waals surface area contributed by atoms with Gasteiger partial charge in [0, 0.05) is 6.42 Å². The highest BCUT2D eigenvalue weighted by molar-refractivity contribution is 7.10. The fraction of sp³-hybridized carbons (Fsp3) is 0.375. The molecule has 1 unspecified atom stereocenters. The van der Waals surface area contributed by atoms with Gasteiger partial charge >= 0.3 is 0 Å². The number of thiophene rings is 1. The minimum Gasteiger partial charge on any atom is -0.387 e. The Labute approximate surface area is 122 Å². The van der Waals surface area contributed by atoms with Gasteiger partial charge in [-0.25, -0.2) is 0 Å². The fourth-order valence-electron chi connectivity index (χ4n) is 2.74. The average Bonchev–Trinajstić information content (AvgIpc) is 2.97.